The van der Waals surface area contributed by atoms with Crippen LogP contribution in [-0.4, -0.2) is 37.3 Å². The number of hydrazone groups is 1. The molecule has 0 aliphatic rings. The first-order valence-electron chi connectivity index (χ1n) is 12.3. The number of aromatic amines is 1. The average molecular weight is 572 g/mol. The maximum absolute atomic E-state index is 14.1. The van der Waals surface area contributed by atoms with Gasteiger partial charge in [-0.15, -0.1) is 0 Å². The van der Waals surface area contributed by atoms with E-state index in [1.54, 1.807) is 72.8 Å². The molecule has 0 aliphatic carbocycles. The van der Waals surface area contributed by atoms with Crippen LogP contribution in [0.25, 0.3) is 22.0 Å². The predicted octanol–water partition coefficient (Wildman–Crippen LogP) is 6.63. The molecule has 1 amide bonds. The molecule has 8 nitrogen and oxygen atoms in total. The second-order valence-electron chi connectivity index (χ2n) is 8.78. The number of esters is 1. The first kappa shape index (κ1) is 27.4. The summed E-state index contributed by atoms with van der Waals surface area (Å²) in [6.45, 7) is 0. The van der Waals surface area contributed by atoms with Crippen molar-refractivity contribution in [2.45, 2.75) is 0 Å². The first-order chi connectivity index (χ1) is 19.9. The number of hydrogen-bond donors (Lipinski definition) is 2. The Labute approximate surface area is 239 Å². The molecule has 1 aromatic heterocycles. The first-order valence-corrected chi connectivity index (χ1v) is 12.7. The van der Waals surface area contributed by atoms with Crippen molar-refractivity contribution in [2.75, 3.05) is 14.2 Å². The lowest BCUT2D eigenvalue weighted by Gasteiger charge is -2.10. The third-order valence-corrected chi connectivity index (χ3v) is 6.54. The molecule has 0 aliphatic heterocycles. The number of hydrogen-bond acceptors (Lipinski definition) is 6. The molecular weight excluding hydrogens is 549 g/mol. The number of benzene rings is 4. The zero-order valence-corrected chi connectivity index (χ0v) is 22.7. The third kappa shape index (κ3) is 5.90. The number of methoxy groups -OCH3 is 2. The van der Waals surface area contributed by atoms with E-state index >= 15 is 0 Å². The van der Waals surface area contributed by atoms with Gasteiger partial charge in [0, 0.05) is 27.1 Å². The third-order valence-electron chi connectivity index (χ3n) is 6.21. The van der Waals surface area contributed by atoms with E-state index in [2.05, 4.69) is 15.5 Å². The standard InChI is InChI=1S/C31H23ClFN3O5/c1-39-21-7-5-6-19(15-21)31(38)41-26-13-10-18(14-27(26)40-2)17-34-36-30(37)29-28(22-8-3-4-9-24(22)32)23-16-20(33)11-12-25(23)35-29/h3-17,35H,1-2H3,(H,36,37). The SMILES string of the molecule is COc1cccc(C(=O)Oc2ccc(C=NNC(=O)c3[nH]c4ccc(F)cc4c3-c3ccccc3Cl)cc2OC)c1. The van der Waals surface area contributed by atoms with E-state index in [4.69, 9.17) is 25.8 Å². The summed E-state index contributed by atoms with van der Waals surface area (Å²) in [5.41, 5.74) is 5.15. The van der Waals surface area contributed by atoms with Gasteiger partial charge in [-0.3, -0.25) is 4.79 Å². The van der Waals surface area contributed by atoms with E-state index in [0.717, 1.165) is 0 Å². The van der Waals surface area contributed by atoms with Gasteiger partial charge in [0.2, 0.25) is 0 Å². The molecular formula is C31H23ClFN3O5. The van der Waals surface area contributed by atoms with Crippen LogP contribution in [0.15, 0.2) is 90.0 Å². The highest BCUT2D eigenvalue weighted by atomic mass is 35.5. The van der Waals surface area contributed by atoms with E-state index in [9.17, 15) is 14.0 Å². The van der Waals surface area contributed by atoms with E-state index in [1.165, 1.54) is 32.6 Å². The van der Waals surface area contributed by atoms with Crippen molar-refractivity contribution in [3.63, 3.8) is 0 Å². The molecule has 1 heterocycles. The van der Waals surface area contributed by atoms with Gasteiger partial charge in [0.25, 0.3) is 5.91 Å². The quantitative estimate of drug-likeness (QED) is 0.0942. The van der Waals surface area contributed by atoms with Gasteiger partial charge in [0.05, 0.1) is 26.0 Å². The molecule has 0 bridgehead atoms. The minimum Gasteiger partial charge on any atom is -0.497 e. The van der Waals surface area contributed by atoms with E-state index in [1.807, 2.05) is 0 Å². The second kappa shape index (κ2) is 11.9. The summed E-state index contributed by atoms with van der Waals surface area (Å²) in [5.74, 6) is -0.557. The minimum atomic E-state index is -0.580. The minimum absolute atomic E-state index is 0.174. The number of nitrogens with zero attached hydrogens (tertiary/aromatic N) is 1. The lowest BCUT2D eigenvalue weighted by molar-refractivity contribution is 0.0729. The lowest BCUT2D eigenvalue weighted by atomic mass is 10.0. The number of fused-ring (bicyclic) bond motifs is 1. The van der Waals surface area contributed by atoms with Crippen LogP contribution >= 0.6 is 11.6 Å². The normalized spacial score (nSPS) is 11.0. The molecule has 206 valence electrons. The molecule has 0 atom stereocenters. The maximum Gasteiger partial charge on any atom is 0.343 e. The Morgan fingerprint density at radius 3 is 2.54 bits per heavy atom. The number of aromatic nitrogens is 1. The molecule has 5 aromatic rings. The fourth-order valence-corrected chi connectivity index (χ4v) is 4.49. The Morgan fingerprint density at radius 1 is 0.927 bits per heavy atom. The van der Waals surface area contributed by atoms with Crippen LogP contribution < -0.4 is 19.6 Å². The molecule has 0 radical (unpaired) electrons. The topological polar surface area (TPSA) is 102 Å². The summed E-state index contributed by atoms with van der Waals surface area (Å²) in [7, 11) is 2.95. The number of carbonyl (C=O) groups is 2. The van der Waals surface area contributed by atoms with Crippen molar-refractivity contribution in [1.82, 2.24) is 10.4 Å². The van der Waals surface area contributed by atoms with Crippen LogP contribution in [0.2, 0.25) is 5.02 Å². The molecule has 10 heteroatoms. The highest BCUT2D eigenvalue weighted by Gasteiger charge is 2.21. The fourth-order valence-electron chi connectivity index (χ4n) is 4.26. The summed E-state index contributed by atoms with van der Waals surface area (Å²) in [4.78, 5) is 28.8. The highest BCUT2D eigenvalue weighted by Crippen LogP contribution is 2.37. The molecule has 0 unspecified atom stereocenters. The van der Waals surface area contributed by atoms with Gasteiger partial charge < -0.3 is 19.2 Å². The average Bonchev–Trinajstić information content (AvgIpc) is 3.36. The predicted molar refractivity (Wildman–Crippen MR) is 155 cm³/mol. The van der Waals surface area contributed by atoms with Crippen LogP contribution in [-0.2, 0) is 0 Å². The lowest BCUT2D eigenvalue weighted by Crippen LogP contribution is -2.19. The molecule has 0 saturated heterocycles. The van der Waals surface area contributed by atoms with Crippen LogP contribution in [0.5, 0.6) is 17.2 Å². The molecule has 5 rings (SSSR count). The summed E-state index contributed by atoms with van der Waals surface area (Å²) in [6, 6.07) is 22.6. The smallest absolute Gasteiger partial charge is 0.343 e. The molecule has 41 heavy (non-hydrogen) atoms. The number of carbonyl (C=O) groups excluding carboxylic acids is 2. The van der Waals surface area contributed by atoms with Crippen molar-refractivity contribution in [2.24, 2.45) is 5.10 Å². The van der Waals surface area contributed by atoms with Gasteiger partial charge >= 0.3 is 5.97 Å². The number of nitrogens with one attached hydrogen (secondary N) is 2. The van der Waals surface area contributed by atoms with Crippen molar-refractivity contribution < 1.29 is 28.2 Å². The van der Waals surface area contributed by atoms with Crippen molar-refractivity contribution >= 4 is 40.6 Å². The van der Waals surface area contributed by atoms with Crippen molar-refractivity contribution in [3.05, 3.63) is 113 Å². The highest BCUT2D eigenvalue weighted by molar-refractivity contribution is 6.34. The van der Waals surface area contributed by atoms with E-state index in [0.29, 0.717) is 43.9 Å². The Morgan fingerprint density at radius 2 is 1.76 bits per heavy atom. The van der Waals surface area contributed by atoms with Gasteiger partial charge in [-0.2, -0.15) is 5.10 Å². The van der Waals surface area contributed by atoms with Crippen molar-refractivity contribution in [3.8, 4) is 28.4 Å². The van der Waals surface area contributed by atoms with Crippen LogP contribution in [0, 0.1) is 5.82 Å². The van der Waals surface area contributed by atoms with Gasteiger partial charge in [-0.25, -0.2) is 14.6 Å². The van der Waals surface area contributed by atoms with Gasteiger partial charge in [-0.1, -0.05) is 35.9 Å². The number of rotatable bonds is 8. The van der Waals surface area contributed by atoms with E-state index in [-0.39, 0.29) is 17.2 Å². The van der Waals surface area contributed by atoms with Crippen LogP contribution in [0.1, 0.15) is 26.4 Å². The summed E-state index contributed by atoms with van der Waals surface area (Å²) >= 11 is 6.42. The fraction of sp³-hybridized carbons (Fsp3) is 0.0645. The Kier molecular flexibility index (Phi) is 7.98. The monoisotopic (exact) mass is 571 g/mol. The Bertz CT molecular complexity index is 1800. The molecule has 0 fully saturated rings. The summed E-state index contributed by atoms with van der Waals surface area (Å²) < 4.78 is 30.1. The molecule has 0 saturated carbocycles. The zero-order chi connectivity index (χ0) is 28.9. The van der Waals surface area contributed by atoms with Crippen LogP contribution in [0.4, 0.5) is 4.39 Å². The number of ether oxygens (including phenoxy) is 3. The number of amides is 1. The van der Waals surface area contributed by atoms with Crippen molar-refractivity contribution in [1.29, 1.82) is 0 Å². The second-order valence-corrected chi connectivity index (χ2v) is 9.18. The van der Waals surface area contributed by atoms with Gasteiger partial charge in [0.15, 0.2) is 11.5 Å². The zero-order valence-electron chi connectivity index (χ0n) is 21.9. The molecule has 0 spiro atoms. The Hall–Kier alpha value is -5.15. The van der Waals surface area contributed by atoms with Gasteiger partial charge in [-0.05, 0) is 66.2 Å². The Balaban J connectivity index is 1.36. The summed E-state index contributed by atoms with van der Waals surface area (Å²) in [5, 5.41) is 4.99. The van der Waals surface area contributed by atoms with Crippen LogP contribution in [0.3, 0.4) is 0 Å². The molecule has 2 N–H and O–H groups in total. The van der Waals surface area contributed by atoms with E-state index < -0.39 is 17.7 Å². The number of H-pyrrole nitrogens is 1. The summed E-state index contributed by atoms with van der Waals surface area (Å²) in [6.07, 6.45) is 1.41. The number of halogens is 2. The van der Waals surface area contributed by atoms with Gasteiger partial charge in [0.1, 0.15) is 17.3 Å². The largest absolute Gasteiger partial charge is 0.497 e. The maximum atomic E-state index is 14.1. The molecule has 4 aromatic carbocycles.